The predicted octanol–water partition coefficient (Wildman–Crippen LogP) is 3.11. The molecular weight excluding hydrogens is 244 g/mol. The van der Waals surface area contributed by atoms with E-state index in [0.29, 0.717) is 12.3 Å². The van der Waals surface area contributed by atoms with Crippen molar-refractivity contribution < 1.29 is 19.5 Å². The molecule has 1 aliphatic rings. The maximum Gasteiger partial charge on any atom is 0.524 e. The first-order valence-corrected chi connectivity index (χ1v) is 7.14. The lowest BCUT2D eigenvalue weighted by atomic mass is 10.1. The summed E-state index contributed by atoms with van der Waals surface area (Å²) in [5, 5.41) is 18.4. The van der Waals surface area contributed by atoms with E-state index in [9.17, 15) is 9.90 Å². The zero-order chi connectivity index (χ0) is 14.1. The van der Waals surface area contributed by atoms with E-state index in [1.807, 2.05) is 0 Å². The van der Waals surface area contributed by atoms with Gasteiger partial charge >= 0.3 is 6.09 Å². The maximum atomic E-state index is 11.4. The summed E-state index contributed by atoms with van der Waals surface area (Å²) in [7, 11) is 0. The Hall–Kier alpha value is -1.20. The van der Waals surface area contributed by atoms with Gasteiger partial charge in [-0.25, -0.2) is 4.99 Å². The molecule has 0 fully saturated rings. The lowest BCUT2D eigenvalue weighted by Gasteiger charge is -2.25. The van der Waals surface area contributed by atoms with Crippen LogP contribution in [-0.4, -0.2) is 39.8 Å². The molecule has 5 nitrogen and oxygen atoms in total. The third kappa shape index (κ3) is 4.14. The fourth-order valence-corrected chi connectivity index (χ4v) is 2.38. The molecule has 1 rings (SSSR count). The average molecular weight is 269 g/mol. The summed E-state index contributed by atoms with van der Waals surface area (Å²) in [6, 6.07) is 0. The molecule has 1 heterocycles. The number of unbranched alkanes of at least 4 members (excludes halogenated alkanes) is 5. The van der Waals surface area contributed by atoms with Crippen LogP contribution in [0.4, 0.5) is 4.79 Å². The minimum Gasteiger partial charge on any atom is -0.435 e. The van der Waals surface area contributed by atoms with Gasteiger partial charge in [-0.15, -0.1) is 4.48 Å². The van der Waals surface area contributed by atoms with Crippen molar-refractivity contribution in [3.05, 3.63) is 12.4 Å². The molecule has 0 spiro atoms. The lowest BCUT2D eigenvalue weighted by molar-refractivity contribution is -0.710. The number of aliphatic hydroxyl groups excluding tert-OH is 1. The van der Waals surface area contributed by atoms with E-state index in [-0.39, 0.29) is 17.6 Å². The second-order valence-electron chi connectivity index (χ2n) is 4.96. The van der Waals surface area contributed by atoms with Gasteiger partial charge in [0.1, 0.15) is 12.7 Å². The minimum atomic E-state index is -0.965. The number of rotatable bonds is 9. The summed E-state index contributed by atoms with van der Waals surface area (Å²) in [5.41, 5.74) is 0. The Morgan fingerprint density at radius 1 is 1.26 bits per heavy atom. The molecule has 0 bridgehead atoms. The second kappa shape index (κ2) is 8.07. The van der Waals surface area contributed by atoms with Crippen molar-refractivity contribution in [1.82, 2.24) is 0 Å². The van der Waals surface area contributed by atoms with Gasteiger partial charge in [-0.3, -0.25) is 0 Å². The number of hydrogen-bond acceptors (Lipinski definition) is 3. The molecule has 1 amide bonds. The van der Waals surface area contributed by atoms with Crippen molar-refractivity contribution in [2.75, 3.05) is 13.2 Å². The van der Waals surface area contributed by atoms with Gasteiger partial charge in [0.15, 0.2) is 0 Å². The fourth-order valence-electron chi connectivity index (χ4n) is 2.38. The van der Waals surface area contributed by atoms with E-state index < -0.39 is 6.09 Å². The van der Waals surface area contributed by atoms with Gasteiger partial charge in [0.2, 0.25) is 5.84 Å². The van der Waals surface area contributed by atoms with E-state index in [1.165, 1.54) is 31.9 Å². The van der Waals surface area contributed by atoms with Gasteiger partial charge in [0, 0.05) is 6.42 Å². The van der Waals surface area contributed by atoms with Crippen LogP contribution in [0.25, 0.3) is 0 Å². The highest BCUT2D eigenvalue weighted by Gasteiger charge is 2.42. The molecule has 5 heteroatoms. The van der Waals surface area contributed by atoms with Crippen LogP contribution in [0.15, 0.2) is 17.4 Å². The number of aliphatic hydroxyl groups is 1. The third-order valence-electron chi connectivity index (χ3n) is 3.55. The van der Waals surface area contributed by atoms with Crippen LogP contribution in [0.3, 0.4) is 0 Å². The number of carboxylic acid groups (broad SMARTS) is 1. The molecule has 0 aromatic carbocycles. The number of nitrogens with zero attached hydrogens (tertiary/aromatic N) is 2. The summed E-state index contributed by atoms with van der Waals surface area (Å²) in [6.45, 7) is 2.18. The summed E-state index contributed by atoms with van der Waals surface area (Å²) in [6.07, 6.45) is 9.81. The lowest BCUT2D eigenvalue weighted by Crippen LogP contribution is -2.52. The van der Waals surface area contributed by atoms with E-state index in [2.05, 4.69) is 11.9 Å². The number of quaternary nitrogens is 1. The Kier molecular flexibility index (Phi) is 6.73. The standard InChI is InChI=1S/C14H24N2O3/c1-2-3-4-5-6-7-8-13-15-9-10-16(13,11-12-17)14(18)19/h9-10,17H,2-8,11-12H2,1H3/p+1. The molecule has 0 aliphatic carbocycles. The van der Waals surface area contributed by atoms with Gasteiger partial charge < -0.3 is 10.2 Å². The van der Waals surface area contributed by atoms with Gasteiger partial charge in [0.25, 0.3) is 0 Å². The second-order valence-corrected chi connectivity index (χ2v) is 4.96. The molecule has 108 valence electrons. The number of amidine groups is 1. The monoisotopic (exact) mass is 269 g/mol. The zero-order valence-corrected chi connectivity index (χ0v) is 11.7. The number of aliphatic imine (C=N–C) groups is 1. The van der Waals surface area contributed by atoms with Crippen molar-refractivity contribution in [3.8, 4) is 0 Å². The average Bonchev–Trinajstić information content (AvgIpc) is 2.78. The number of amides is 1. The van der Waals surface area contributed by atoms with Crippen LogP contribution in [0.5, 0.6) is 0 Å². The molecular formula is C14H25N2O3+. The topological polar surface area (TPSA) is 69.9 Å². The first-order valence-electron chi connectivity index (χ1n) is 7.14. The smallest absolute Gasteiger partial charge is 0.435 e. The van der Waals surface area contributed by atoms with E-state index >= 15 is 0 Å². The molecule has 0 aromatic rings. The summed E-state index contributed by atoms with van der Waals surface area (Å²) >= 11 is 0. The van der Waals surface area contributed by atoms with Gasteiger partial charge in [0.05, 0.1) is 12.8 Å². The van der Waals surface area contributed by atoms with Gasteiger partial charge in [-0.1, -0.05) is 39.0 Å². The van der Waals surface area contributed by atoms with E-state index in [4.69, 9.17) is 5.11 Å². The largest absolute Gasteiger partial charge is 0.524 e. The molecule has 1 unspecified atom stereocenters. The Morgan fingerprint density at radius 3 is 2.58 bits per heavy atom. The quantitative estimate of drug-likeness (QED) is 0.499. The van der Waals surface area contributed by atoms with Crippen molar-refractivity contribution >= 4 is 11.9 Å². The molecule has 2 N–H and O–H groups in total. The van der Waals surface area contributed by atoms with Crippen LogP contribution in [0, 0.1) is 0 Å². The van der Waals surface area contributed by atoms with Crippen LogP contribution < -0.4 is 0 Å². The normalized spacial score (nSPS) is 21.7. The van der Waals surface area contributed by atoms with Crippen LogP contribution in [0.1, 0.15) is 51.9 Å². The van der Waals surface area contributed by atoms with Crippen LogP contribution in [0.2, 0.25) is 0 Å². The maximum absolute atomic E-state index is 11.4. The van der Waals surface area contributed by atoms with Crippen molar-refractivity contribution in [3.63, 3.8) is 0 Å². The Morgan fingerprint density at radius 2 is 1.95 bits per heavy atom. The summed E-state index contributed by atoms with van der Waals surface area (Å²) in [5.74, 6) is 0.636. The highest BCUT2D eigenvalue weighted by atomic mass is 16.4. The third-order valence-corrected chi connectivity index (χ3v) is 3.55. The highest BCUT2D eigenvalue weighted by Crippen LogP contribution is 2.21. The number of carbonyl (C=O) groups is 1. The van der Waals surface area contributed by atoms with Crippen molar-refractivity contribution in [1.29, 1.82) is 0 Å². The molecule has 0 radical (unpaired) electrons. The minimum absolute atomic E-state index is 0.153. The van der Waals surface area contributed by atoms with E-state index in [1.54, 1.807) is 6.20 Å². The molecule has 0 saturated heterocycles. The molecule has 0 aromatic heterocycles. The first kappa shape index (κ1) is 15.9. The first-order chi connectivity index (χ1) is 9.17. The predicted molar refractivity (Wildman–Crippen MR) is 74.8 cm³/mol. The summed E-state index contributed by atoms with van der Waals surface area (Å²) in [4.78, 5) is 15.6. The SMILES string of the molecule is CCCCCCCCC1=NC=C[N+]1(CCO)C(=O)O. The zero-order valence-electron chi connectivity index (χ0n) is 11.7. The molecule has 1 aliphatic heterocycles. The molecule has 1 atom stereocenters. The molecule has 0 saturated carbocycles. The Labute approximate surface area is 114 Å². The van der Waals surface area contributed by atoms with Crippen molar-refractivity contribution in [2.45, 2.75) is 51.9 Å². The van der Waals surface area contributed by atoms with Crippen molar-refractivity contribution in [2.24, 2.45) is 4.99 Å². The fraction of sp³-hybridized carbons (Fsp3) is 0.714. The van der Waals surface area contributed by atoms with Gasteiger partial charge in [-0.2, -0.15) is 4.79 Å². The number of hydrogen-bond donors (Lipinski definition) is 2. The van der Waals surface area contributed by atoms with E-state index in [0.717, 1.165) is 12.8 Å². The molecule has 19 heavy (non-hydrogen) atoms. The van der Waals surface area contributed by atoms with Crippen LogP contribution in [-0.2, 0) is 0 Å². The Bertz CT molecular complexity index is 353. The van der Waals surface area contributed by atoms with Gasteiger partial charge in [-0.05, 0) is 6.42 Å². The highest BCUT2D eigenvalue weighted by molar-refractivity contribution is 5.87. The summed E-state index contributed by atoms with van der Waals surface area (Å²) < 4.78 is -0.328. The van der Waals surface area contributed by atoms with Crippen LogP contribution >= 0.6 is 0 Å². The Balaban J connectivity index is 2.42.